The van der Waals surface area contributed by atoms with E-state index in [1.807, 2.05) is 0 Å². The molecule has 0 aliphatic heterocycles. The van der Waals surface area contributed by atoms with Crippen LogP contribution in [0.3, 0.4) is 0 Å². The zero-order chi connectivity index (χ0) is 31.8. The summed E-state index contributed by atoms with van der Waals surface area (Å²) in [7, 11) is 0. The third-order valence-corrected chi connectivity index (χ3v) is 7.94. The van der Waals surface area contributed by atoms with Crippen LogP contribution < -0.4 is 0 Å². The predicted molar refractivity (Wildman–Crippen MR) is 149 cm³/mol. The van der Waals surface area contributed by atoms with Gasteiger partial charge in [-0.2, -0.15) is 39.5 Å². The molecule has 3 aromatic rings. The minimum atomic E-state index is -4.96. The molecule has 3 aromatic carbocycles. The average Bonchev–Trinajstić information content (AvgIpc) is 2.92. The minimum Gasteiger partial charge on any atom is -0.166 e. The van der Waals surface area contributed by atoms with E-state index in [2.05, 4.69) is 0 Å². The Hall–Kier alpha value is -2.97. The largest absolute Gasteiger partial charge is 0.417 e. The second-order valence-corrected chi connectivity index (χ2v) is 10.2. The normalized spacial score (nSPS) is 12.7. The third-order valence-electron chi connectivity index (χ3n) is 7.94. The van der Waals surface area contributed by atoms with Gasteiger partial charge in [0, 0.05) is 0 Å². The molecule has 0 N–H and O–H groups in total. The van der Waals surface area contributed by atoms with E-state index >= 15 is 0 Å². The number of alkyl halides is 9. The van der Waals surface area contributed by atoms with Crippen LogP contribution in [0.5, 0.6) is 0 Å². The summed E-state index contributed by atoms with van der Waals surface area (Å²) in [6, 6.07) is 5.85. The van der Waals surface area contributed by atoms with Crippen LogP contribution in [-0.4, -0.2) is 0 Å². The Morgan fingerprint density at radius 1 is 0.429 bits per heavy atom. The molecule has 0 bridgehead atoms. The van der Waals surface area contributed by atoms with Gasteiger partial charge < -0.3 is 0 Å². The van der Waals surface area contributed by atoms with E-state index in [0.717, 1.165) is 12.1 Å². The highest BCUT2D eigenvalue weighted by atomic mass is 19.4. The summed E-state index contributed by atoms with van der Waals surface area (Å²) in [5.41, 5.74) is -3.31. The molecule has 0 fully saturated rings. The van der Waals surface area contributed by atoms with Crippen molar-refractivity contribution in [1.29, 1.82) is 0 Å². The van der Waals surface area contributed by atoms with Crippen LogP contribution in [0, 0.1) is 0 Å². The Morgan fingerprint density at radius 3 is 1.29 bits per heavy atom. The number of benzene rings is 3. The second kappa shape index (κ2) is 12.3. The highest BCUT2D eigenvalue weighted by molar-refractivity contribution is 5.88. The first-order valence-corrected chi connectivity index (χ1v) is 14.2. The van der Waals surface area contributed by atoms with Gasteiger partial charge in [0.2, 0.25) is 0 Å². The number of aryl methyl sites for hydroxylation is 3. The van der Waals surface area contributed by atoms with Gasteiger partial charge in [-0.15, -0.1) is 0 Å². The van der Waals surface area contributed by atoms with Crippen LogP contribution in [-0.2, 0) is 57.1 Å². The van der Waals surface area contributed by atoms with E-state index in [-0.39, 0.29) is 88.6 Å². The van der Waals surface area contributed by atoms with Gasteiger partial charge in [0.25, 0.3) is 0 Å². The molecule has 0 heterocycles. The molecule has 42 heavy (non-hydrogen) atoms. The van der Waals surface area contributed by atoms with E-state index < -0.39 is 35.2 Å². The number of hydrogen-bond acceptors (Lipinski definition) is 0. The molecule has 0 nitrogen and oxygen atoms in total. The molecule has 0 amide bonds. The number of rotatable bonds is 8. The Morgan fingerprint density at radius 2 is 0.857 bits per heavy atom. The molecule has 3 rings (SSSR count). The standard InChI is InChI=1S/C33H35F9/c1-7-18-15-16-25(31(34,35)36)22(11-5)27(18)29-21(10-4)24(17-26(23(29)12-6)32(37,38)39)28-19(8-2)13-14-20(9-3)30(28)33(40,41)42/h13-17H,7-12H2,1-6H3. The van der Waals surface area contributed by atoms with Gasteiger partial charge in [-0.1, -0.05) is 59.7 Å². The smallest absolute Gasteiger partial charge is 0.166 e. The zero-order valence-corrected chi connectivity index (χ0v) is 24.5. The zero-order valence-electron chi connectivity index (χ0n) is 24.5. The third kappa shape index (κ3) is 6.06. The maximum Gasteiger partial charge on any atom is 0.417 e. The van der Waals surface area contributed by atoms with Crippen LogP contribution >= 0.6 is 0 Å². The fourth-order valence-corrected chi connectivity index (χ4v) is 6.13. The maximum atomic E-state index is 14.8. The Bertz CT molecular complexity index is 1440. The van der Waals surface area contributed by atoms with E-state index in [9.17, 15) is 39.5 Å². The quantitative estimate of drug-likeness (QED) is 0.225. The SMILES string of the molecule is CCc1ccc(C(F)(F)F)c(CC)c1-c1c(CC)c(-c2c(CC)ccc(CC)c2C(F)(F)F)cc(C(F)(F)F)c1CC. The molecule has 0 atom stereocenters. The van der Waals surface area contributed by atoms with Crippen molar-refractivity contribution in [2.24, 2.45) is 0 Å². The van der Waals surface area contributed by atoms with Crippen LogP contribution in [0.2, 0.25) is 0 Å². The lowest BCUT2D eigenvalue weighted by Gasteiger charge is -2.29. The molecule has 0 aliphatic rings. The van der Waals surface area contributed by atoms with Crippen molar-refractivity contribution in [3.8, 4) is 22.3 Å². The molecule has 0 spiro atoms. The summed E-state index contributed by atoms with van der Waals surface area (Å²) in [5, 5.41) is 0. The van der Waals surface area contributed by atoms with Crippen molar-refractivity contribution in [3.05, 3.63) is 80.4 Å². The first-order valence-electron chi connectivity index (χ1n) is 14.2. The van der Waals surface area contributed by atoms with E-state index in [4.69, 9.17) is 0 Å². The van der Waals surface area contributed by atoms with Crippen molar-refractivity contribution < 1.29 is 39.5 Å². The van der Waals surface area contributed by atoms with Crippen LogP contribution in [0.15, 0.2) is 30.3 Å². The highest BCUT2D eigenvalue weighted by Gasteiger charge is 2.41. The first kappa shape index (κ1) is 33.5. The molecule has 9 heteroatoms. The van der Waals surface area contributed by atoms with Crippen molar-refractivity contribution in [2.45, 2.75) is 98.6 Å². The summed E-state index contributed by atoms with van der Waals surface area (Å²) in [5.74, 6) is 0. The molecule has 0 aromatic heterocycles. The minimum absolute atomic E-state index is 0.00703. The average molecular weight is 603 g/mol. The van der Waals surface area contributed by atoms with E-state index in [1.54, 1.807) is 20.8 Å². The summed E-state index contributed by atoms with van der Waals surface area (Å²) in [6.07, 6.45) is -14.6. The summed E-state index contributed by atoms with van der Waals surface area (Å²) < 4.78 is 131. The lowest BCUT2D eigenvalue weighted by atomic mass is 9.77. The lowest BCUT2D eigenvalue weighted by molar-refractivity contribution is -0.139. The van der Waals surface area contributed by atoms with Crippen molar-refractivity contribution >= 4 is 0 Å². The van der Waals surface area contributed by atoms with Gasteiger partial charge >= 0.3 is 18.5 Å². The molecular formula is C33H35F9. The summed E-state index contributed by atoms with van der Waals surface area (Å²) >= 11 is 0. The summed E-state index contributed by atoms with van der Waals surface area (Å²) in [4.78, 5) is 0. The monoisotopic (exact) mass is 602 g/mol. The maximum absolute atomic E-state index is 14.8. The highest BCUT2D eigenvalue weighted by Crippen LogP contribution is 2.50. The van der Waals surface area contributed by atoms with Gasteiger partial charge in [0.1, 0.15) is 0 Å². The predicted octanol–water partition coefficient (Wildman–Crippen LogP) is 11.5. The summed E-state index contributed by atoms with van der Waals surface area (Å²) in [6.45, 7) is 9.45. The molecule has 0 radical (unpaired) electrons. The Labute approximate surface area is 241 Å². The molecule has 0 aliphatic carbocycles. The van der Waals surface area contributed by atoms with Crippen LogP contribution in [0.4, 0.5) is 39.5 Å². The van der Waals surface area contributed by atoms with Gasteiger partial charge in [0.05, 0.1) is 16.7 Å². The van der Waals surface area contributed by atoms with Crippen molar-refractivity contribution in [3.63, 3.8) is 0 Å². The fraction of sp³-hybridized carbons (Fsp3) is 0.455. The van der Waals surface area contributed by atoms with Gasteiger partial charge in [-0.05, 0) is 106 Å². The molecular weight excluding hydrogens is 567 g/mol. The van der Waals surface area contributed by atoms with Gasteiger partial charge in [-0.3, -0.25) is 0 Å². The van der Waals surface area contributed by atoms with Crippen molar-refractivity contribution in [1.82, 2.24) is 0 Å². The van der Waals surface area contributed by atoms with Crippen molar-refractivity contribution in [2.75, 3.05) is 0 Å². The van der Waals surface area contributed by atoms with Gasteiger partial charge in [0.15, 0.2) is 0 Å². The molecule has 230 valence electrons. The molecule has 0 saturated heterocycles. The Balaban J connectivity index is 2.79. The first-order chi connectivity index (χ1) is 19.5. The number of halogens is 9. The van der Waals surface area contributed by atoms with E-state index in [0.29, 0.717) is 5.56 Å². The number of hydrogen-bond donors (Lipinski definition) is 0. The molecule has 0 saturated carbocycles. The van der Waals surface area contributed by atoms with E-state index in [1.165, 1.54) is 39.0 Å². The van der Waals surface area contributed by atoms with Gasteiger partial charge in [-0.25, -0.2) is 0 Å². The van der Waals surface area contributed by atoms with Crippen LogP contribution in [0.1, 0.15) is 91.6 Å². The molecule has 0 unspecified atom stereocenters. The van der Waals surface area contributed by atoms with Crippen LogP contribution in [0.25, 0.3) is 22.3 Å². The topological polar surface area (TPSA) is 0 Å². The lowest BCUT2D eigenvalue weighted by Crippen LogP contribution is -2.17. The Kier molecular flexibility index (Phi) is 9.84. The fourth-order valence-electron chi connectivity index (χ4n) is 6.13. The second-order valence-electron chi connectivity index (χ2n) is 10.2.